The summed E-state index contributed by atoms with van der Waals surface area (Å²) in [5, 5.41) is 14.2. The maximum atomic E-state index is 10.9. The third-order valence-corrected chi connectivity index (χ3v) is 4.48. The smallest absolute Gasteiger partial charge is 0.283 e. The summed E-state index contributed by atoms with van der Waals surface area (Å²) in [6.07, 6.45) is 2.39. The number of hydrogen-bond donors (Lipinski definition) is 1. The number of nitro benzene ring substituents is 1. The van der Waals surface area contributed by atoms with Gasteiger partial charge in [0.25, 0.3) is 5.69 Å². The van der Waals surface area contributed by atoms with Crippen LogP contribution in [0.2, 0.25) is 0 Å². The minimum atomic E-state index is -0.341. The minimum absolute atomic E-state index is 0. The fourth-order valence-electron chi connectivity index (χ4n) is 2.69. The number of piperidine rings is 1. The summed E-state index contributed by atoms with van der Waals surface area (Å²) in [5.41, 5.74) is 1.15. The Morgan fingerprint density at radius 1 is 1.43 bits per heavy atom. The first-order valence-electron chi connectivity index (χ1n) is 6.90. The van der Waals surface area contributed by atoms with E-state index in [1.54, 1.807) is 12.1 Å². The molecular weight excluding hydrogens is 358 g/mol. The van der Waals surface area contributed by atoms with Gasteiger partial charge in [0.2, 0.25) is 0 Å². The standard InChI is InChI=1S/C14H20BrN3O2.ClH/c1-16-9-11-4-6-17(7-5-11)10-12-2-3-13(15)14(8-12)18(19)20;/h2-3,8,11,16H,4-7,9-10H2,1H3;1H. The molecule has 0 spiro atoms. The Hall–Kier alpha value is -0.690. The largest absolute Gasteiger partial charge is 0.319 e. The summed E-state index contributed by atoms with van der Waals surface area (Å²) in [4.78, 5) is 13.0. The van der Waals surface area contributed by atoms with Crippen LogP contribution in [0, 0.1) is 16.0 Å². The third-order valence-electron chi connectivity index (χ3n) is 3.81. The maximum absolute atomic E-state index is 10.9. The van der Waals surface area contributed by atoms with Crippen LogP contribution in [0.1, 0.15) is 18.4 Å². The second-order valence-electron chi connectivity index (χ2n) is 5.32. The van der Waals surface area contributed by atoms with Gasteiger partial charge in [-0.15, -0.1) is 12.4 Å². The molecule has 7 heteroatoms. The molecule has 5 nitrogen and oxygen atoms in total. The highest BCUT2D eigenvalue weighted by atomic mass is 79.9. The molecule has 0 amide bonds. The topological polar surface area (TPSA) is 58.4 Å². The number of hydrogen-bond acceptors (Lipinski definition) is 4. The van der Waals surface area contributed by atoms with Crippen LogP contribution in [0.15, 0.2) is 22.7 Å². The Balaban J connectivity index is 0.00000220. The molecule has 0 radical (unpaired) electrons. The predicted octanol–water partition coefficient (Wildman–Crippen LogP) is 3.21. The van der Waals surface area contributed by atoms with Crippen LogP contribution in [0.25, 0.3) is 0 Å². The first-order valence-corrected chi connectivity index (χ1v) is 7.69. The van der Waals surface area contributed by atoms with Crippen molar-refractivity contribution < 1.29 is 4.92 Å². The van der Waals surface area contributed by atoms with Crippen LogP contribution in [0.4, 0.5) is 5.69 Å². The number of likely N-dealkylation sites (tertiary alicyclic amines) is 1. The maximum Gasteiger partial charge on any atom is 0.283 e. The van der Waals surface area contributed by atoms with Crippen molar-refractivity contribution in [2.24, 2.45) is 5.92 Å². The van der Waals surface area contributed by atoms with Crippen molar-refractivity contribution >= 4 is 34.0 Å². The molecule has 0 bridgehead atoms. The molecule has 0 aromatic heterocycles. The molecule has 2 rings (SSSR count). The average molecular weight is 379 g/mol. The van der Waals surface area contributed by atoms with Crippen molar-refractivity contribution in [1.29, 1.82) is 0 Å². The monoisotopic (exact) mass is 377 g/mol. The Bertz CT molecular complexity index is 479. The number of rotatable bonds is 5. The van der Waals surface area contributed by atoms with Crippen molar-refractivity contribution in [3.05, 3.63) is 38.3 Å². The highest BCUT2D eigenvalue weighted by Crippen LogP contribution is 2.27. The molecule has 1 aromatic rings. The zero-order valence-corrected chi connectivity index (χ0v) is 14.5. The lowest BCUT2D eigenvalue weighted by Gasteiger charge is -2.31. The van der Waals surface area contributed by atoms with E-state index in [0.717, 1.165) is 37.7 Å². The number of nitro groups is 1. The van der Waals surface area contributed by atoms with Gasteiger partial charge < -0.3 is 5.32 Å². The van der Waals surface area contributed by atoms with E-state index < -0.39 is 0 Å². The van der Waals surface area contributed by atoms with Crippen LogP contribution in [0.5, 0.6) is 0 Å². The average Bonchev–Trinajstić information content (AvgIpc) is 2.43. The van der Waals surface area contributed by atoms with Crippen molar-refractivity contribution in [2.75, 3.05) is 26.7 Å². The zero-order valence-electron chi connectivity index (χ0n) is 12.0. The normalized spacial score (nSPS) is 16.5. The Labute approximate surface area is 139 Å². The highest BCUT2D eigenvalue weighted by molar-refractivity contribution is 9.10. The second kappa shape index (κ2) is 8.68. The molecule has 0 atom stereocenters. The Kier molecular flexibility index (Phi) is 7.59. The molecule has 1 aromatic carbocycles. The van der Waals surface area contributed by atoms with Gasteiger partial charge in [-0.05, 0) is 73.0 Å². The first-order chi connectivity index (χ1) is 9.60. The predicted molar refractivity (Wildman–Crippen MR) is 90.0 cm³/mol. The van der Waals surface area contributed by atoms with E-state index in [1.807, 2.05) is 13.1 Å². The molecule has 118 valence electrons. The fraction of sp³-hybridized carbons (Fsp3) is 0.571. The lowest BCUT2D eigenvalue weighted by Crippen LogP contribution is -2.36. The van der Waals surface area contributed by atoms with E-state index in [4.69, 9.17) is 0 Å². The number of nitrogens with one attached hydrogen (secondary N) is 1. The van der Waals surface area contributed by atoms with E-state index in [2.05, 4.69) is 26.1 Å². The molecule has 1 saturated heterocycles. The first kappa shape index (κ1) is 18.4. The van der Waals surface area contributed by atoms with Gasteiger partial charge in [0, 0.05) is 12.6 Å². The minimum Gasteiger partial charge on any atom is -0.319 e. The lowest BCUT2D eigenvalue weighted by molar-refractivity contribution is -0.385. The summed E-state index contributed by atoms with van der Waals surface area (Å²) >= 11 is 3.22. The summed E-state index contributed by atoms with van der Waals surface area (Å²) in [7, 11) is 1.99. The van der Waals surface area contributed by atoms with Crippen LogP contribution >= 0.6 is 28.3 Å². The van der Waals surface area contributed by atoms with E-state index >= 15 is 0 Å². The van der Waals surface area contributed by atoms with Crippen molar-refractivity contribution in [3.8, 4) is 0 Å². The van der Waals surface area contributed by atoms with Crippen molar-refractivity contribution in [3.63, 3.8) is 0 Å². The third kappa shape index (κ3) is 5.21. The zero-order chi connectivity index (χ0) is 14.5. The second-order valence-corrected chi connectivity index (χ2v) is 6.17. The van der Waals surface area contributed by atoms with Crippen LogP contribution < -0.4 is 5.32 Å². The summed E-state index contributed by atoms with van der Waals surface area (Å²) in [5.74, 6) is 0.760. The SMILES string of the molecule is CNCC1CCN(Cc2ccc(Br)c([N+](=O)[O-])c2)CC1.Cl. The van der Waals surface area contributed by atoms with Crippen molar-refractivity contribution in [1.82, 2.24) is 10.2 Å². The van der Waals surface area contributed by atoms with Gasteiger partial charge in [-0.2, -0.15) is 0 Å². The molecular formula is C14H21BrClN3O2. The van der Waals surface area contributed by atoms with Gasteiger partial charge in [-0.25, -0.2) is 0 Å². The highest BCUT2D eigenvalue weighted by Gasteiger charge is 2.19. The molecule has 1 heterocycles. The van der Waals surface area contributed by atoms with E-state index in [9.17, 15) is 10.1 Å². The number of halogens is 2. The molecule has 0 aliphatic carbocycles. The summed E-state index contributed by atoms with van der Waals surface area (Å²) in [6.45, 7) is 4.00. The van der Waals surface area contributed by atoms with Crippen LogP contribution in [-0.4, -0.2) is 36.5 Å². The van der Waals surface area contributed by atoms with Gasteiger partial charge in [0.15, 0.2) is 0 Å². The van der Waals surface area contributed by atoms with Gasteiger partial charge in [0.1, 0.15) is 0 Å². The van der Waals surface area contributed by atoms with E-state index in [-0.39, 0.29) is 23.0 Å². The fourth-order valence-corrected chi connectivity index (χ4v) is 3.08. The molecule has 1 aliphatic heterocycles. The molecule has 21 heavy (non-hydrogen) atoms. The van der Waals surface area contributed by atoms with Gasteiger partial charge in [0.05, 0.1) is 9.40 Å². The Morgan fingerprint density at radius 3 is 2.67 bits per heavy atom. The van der Waals surface area contributed by atoms with Gasteiger partial charge in [-0.3, -0.25) is 15.0 Å². The van der Waals surface area contributed by atoms with Gasteiger partial charge >= 0.3 is 0 Å². The lowest BCUT2D eigenvalue weighted by atomic mass is 9.96. The molecule has 1 fully saturated rings. The number of nitrogens with zero attached hydrogens (tertiary/aromatic N) is 2. The van der Waals surface area contributed by atoms with E-state index in [1.165, 1.54) is 12.8 Å². The molecule has 1 N–H and O–H groups in total. The Morgan fingerprint density at radius 2 is 2.10 bits per heavy atom. The molecule has 0 unspecified atom stereocenters. The molecule has 1 aliphatic rings. The van der Waals surface area contributed by atoms with Crippen molar-refractivity contribution in [2.45, 2.75) is 19.4 Å². The summed E-state index contributed by atoms with van der Waals surface area (Å²) in [6, 6.07) is 5.39. The summed E-state index contributed by atoms with van der Waals surface area (Å²) < 4.78 is 0.541. The quantitative estimate of drug-likeness (QED) is 0.631. The van der Waals surface area contributed by atoms with Crippen LogP contribution in [-0.2, 0) is 6.54 Å². The number of benzene rings is 1. The van der Waals surface area contributed by atoms with Crippen LogP contribution in [0.3, 0.4) is 0 Å². The van der Waals surface area contributed by atoms with E-state index in [0.29, 0.717) is 4.47 Å². The molecule has 0 saturated carbocycles. The van der Waals surface area contributed by atoms with Gasteiger partial charge in [-0.1, -0.05) is 6.07 Å².